The van der Waals surface area contributed by atoms with Crippen LogP contribution in [0, 0.1) is 0 Å². The number of hydrogen-bond donors (Lipinski definition) is 2. The first-order valence-electron chi connectivity index (χ1n) is 12.1. The number of benzene rings is 2. The van der Waals surface area contributed by atoms with Crippen LogP contribution in [0.3, 0.4) is 0 Å². The minimum Gasteiger partial charge on any atom is -0.489 e. The largest absolute Gasteiger partial charge is 0.513 e. The molecule has 2 aliphatic rings. The molecule has 36 heavy (non-hydrogen) atoms. The average molecular weight is 493 g/mol. The minimum atomic E-state index is -0.838. The number of amides is 1. The number of rotatable bonds is 8. The standard InChI is InChI=1S/C28H32N2O6/c1-17(2)34-28(32)36-26-19(4)29-18(3)25(35-27(31)30-21-14-15-21)24(26)22-12-8-9-13-23(22)33-16-20-10-6-5-7-11-20/h5-13,17,21,24,29H,14-16H2,1-4H3,(H,30,31). The van der Waals surface area contributed by atoms with E-state index in [4.69, 9.17) is 18.9 Å². The average Bonchev–Trinajstić information content (AvgIpc) is 3.65. The SMILES string of the molecule is CC1=C(OC(=O)NC2CC2)C(c2ccccc2OCc2ccccc2)C(OC(=O)OC(C)C)=C(C)N1. The maximum atomic E-state index is 12.7. The molecule has 2 aromatic carbocycles. The summed E-state index contributed by atoms with van der Waals surface area (Å²) >= 11 is 0. The maximum Gasteiger partial charge on any atom is 0.513 e. The molecule has 8 heteroatoms. The van der Waals surface area contributed by atoms with Crippen molar-refractivity contribution in [3.63, 3.8) is 0 Å². The third-order valence-electron chi connectivity index (χ3n) is 5.73. The highest BCUT2D eigenvalue weighted by Crippen LogP contribution is 2.43. The lowest BCUT2D eigenvalue weighted by Gasteiger charge is -2.31. The van der Waals surface area contributed by atoms with E-state index in [0.29, 0.717) is 35.1 Å². The van der Waals surface area contributed by atoms with Crippen LogP contribution in [0.1, 0.15) is 57.6 Å². The zero-order valence-electron chi connectivity index (χ0n) is 21.0. The third-order valence-corrected chi connectivity index (χ3v) is 5.73. The molecule has 0 spiro atoms. The smallest absolute Gasteiger partial charge is 0.489 e. The second kappa shape index (κ2) is 11.2. The Hall–Kier alpha value is -3.94. The molecule has 1 heterocycles. The third kappa shape index (κ3) is 6.38. The molecule has 8 nitrogen and oxygen atoms in total. The van der Waals surface area contributed by atoms with Gasteiger partial charge in [-0.05, 0) is 52.2 Å². The van der Waals surface area contributed by atoms with Crippen LogP contribution in [0.2, 0.25) is 0 Å². The first-order valence-corrected chi connectivity index (χ1v) is 12.1. The molecule has 0 aromatic heterocycles. The van der Waals surface area contributed by atoms with Crippen molar-refractivity contribution in [1.29, 1.82) is 0 Å². The molecule has 0 radical (unpaired) electrons. The van der Waals surface area contributed by atoms with Gasteiger partial charge in [0.05, 0.1) is 17.5 Å². The fraction of sp³-hybridized carbons (Fsp3) is 0.357. The van der Waals surface area contributed by atoms with Crippen molar-refractivity contribution < 1.29 is 28.5 Å². The van der Waals surface area contributed by atoms with Crippen LogP contribution in [0.5, 0.6) is 5.75 Å². The lowest BCUT2D eigenvalue weighted by Crippen LogP contribution is -2.33. The van der Waals surface area contributed by atoms with Gasteiger partial charge in [-0.1, -0.05) is 48.5 Å². The summed E-state index contributed by atoms with van der Waals surface area (Å²) in [5.41, 5.74) is 2.93. The van der Waals surface area contributed by atoms with E-state index >= 15 is 0 Å². The van der Waals surface area contributed by atoms with Crippen molar-refractivity contribution in [1.82, 2.24) is 10.6 Å². The van der Waals surface area contributed by atoms with E-state index in [1.807, 2.05) is 61.5 Å². The van der Waals surface area contributed by atoms with E-state index < -0.39 is 18.2 Å². The van der Waals surface area contributed by atoms with Crippen LogP contribution in [0.15, 0.2) is 77.5 Å². The van der Waals surface area contributed by atoms with Crippen LogP contribution in [0.4, 0.5) is 9.59 Å². The van der Waals surface area contributed by atoms with Crippen molar-refractivity contribution in [3.8, 4) is 5.75 Å². The van der Waals surface area contributed by atoms with E-state index in [9.17, 15) is 9.59 Å². The summed E-state index contributed by atoms with van der Waals surface area (Å²) in [6.45, 7) is 7.44. The zero-order chi connectivity index (χ0) is 25.7. The van der Waals surface area contributed by atoms with Crippen molar-refractivity contribution in [2.45, 2.75) is 65.2 Å². The van der Waals surface area contributed by atoms with Crippen molar-refractivity contribution in [2.24, 2.45) is 0 Å². The lowest BCUT2D eigenvalue weighted by atomic mass is 9.90. The summed E-state index contributed by atoms with van der Waals surface area (Å²) in [7, 11) is 0. The summed E-state index contributed by atoms with van der Waals surface area (Å²) in [6, 6.07) is 17.4. The van der Waals surface area contributed by atoms with Crippen LogP contribution in [0.25, 0.3) is 0 Å². The van der Waals surface area contributed by atoms with Gasteiger partial charge in [0.1, 0.15) is 29.8 Å². The van der Waals surface area contributed by atoms with Gasteiger partial charge in [-0.2, -0.15) is 0 Å². The first kappa shape index (κ1) is 25.2. The molecule has 1 aliphatic heterocycles. The van der Waals surface area contributed by atoms with Gasteiger partial charge in [-0.25, -0.2) is 9.59 Å². The van der Waals surface area contributed by atoms with Gasteiger partial charge >= 0.3 is 12.2 Å². The number of ether oxygens (including phenoxy) is 4. The number of nitrogens with one attached hydrogen (secondary N) is 2. The lowest BCUT2D eigenvalue weighted by molar-refractivity contribution is 0.0482. The monoisotopic (exact) mass is 492 g/mol. The zero-order valence-corrected chi connectivity index (χ0v) is 21.0. The Kier molecular flexibility index (Phi) is 7.83. The number of carbonyl (C=O) groups excluding carboxylic acids is 2. The fourth-order valence-corrected chi connectivity index (χ4v) is 3.93. The van der Waals surface area contributed by atoms with Crippen molar-refractivity contribution in [2.75, 3.05) is 0 Å². The van der Waals surface area contributed by atoms with E-state index in [-0.39, 0.29) is 17.9 Å². The molecule has 2 N–H and O–H groups in total. The highest BCUT2D eigenvalue weighted by molar-refractivity contribution is 5.70. The molecule has 1 amide bonds. The number of carbonyl (C=O) groups is 2. The normalized spacial score (nSPS) is 17.4. The van der Waals surface area contributed by atoms with Gasteiger partial charge in [-0.15, -0.1) is 0 Å². The first-order chi connectivity index (χ1) is 17.3. The fourth-order valence-electron chi connectivity index (χ4n) is 3.93. The predicted octanol–water partition coefficient (Wildman–Crippen LogP) is 5.87. The Labute approximate surface area is 211 Å². The van der Waals surface area contributed by atoms with Gasteiger partial charge in [0.2, 0.25) is 0 Å². The summed E-state index contributed by atoms with van der Waals surface area (Å²) in [6.07, 6.45) is 0.117. The molecular formula is C28H32N2O6. The van der Waals surface area contributed by atoms with Crippen LogP contribution < -0.4 is 15.4 Å². The molecule has 1 unspecified atom stereocenters. The Morgan fingerprint density at radius 2 is 1.58 bits per heavy atom. The number of hydrogen-bond acceptors (Lipinski definition) is 7. The van der Waals surface area contributed by atoms with E-state index in [0.717, 1.165) is 18.4 Å². The van der Waals surface area contributed by atoms with E-state index in [2.05, 4.69) is 10.6 Å². The quantitative estimate of drug-likeness (QED) is 0.445. The number of dihydropyridines is 1. The molecule has 4 rings (SSSR count). The molecule has 190 valence electrons. The summed E-state index contributed by atoms with van der Waals surface area (Å²) in [5, 5.41) is 6.02. The maximum absolute atomic E-state index is 12.7. The highest BCUT2D eigenvalue weighted by atomic mass is 16.7. The molecule has 0 saturated heterocycles. The summed E-state index contributed by atoms with van der Waals surface area (Å²) in [5.74, 6) is 0.455. The van der Waals surface area contributed by atoms with Gasteiger partial charge in [0, 0.05) is 11.6 Å². The molecule has 1 atom stereocenters. The number of allylic oxidation sites excluding steroid dienone is 2. The van der Waals surface area contributed by atoms with Crippen LogP contribution in [-0.4, -0.2) is 24.4 Å². The molecule has 1 aliphatic carbocycles. The predicted molar refractivity (Wildman–Crippen MR) is 134 cm³/mol. The van der Waals surface area contributed by atoms with Crippen molar-refractivity contribution in [3.05, 3.63) is 88.6 Å². The van der Waals surface area contributed by atoms with Gasteiger partial charge in [0.15, 0.2) is 0 Å². The molecule has 1 saturated carbocycles. The number of para-hydroxylation sites is 1. The molecule has 0 bridgehead atoms. The summed E-state index contributed by atoms with van der Waals surface area (Å²) < 4.78 is 23.0. The Morgan fingerprint density at radius 1 is 0.944 bits per heavy atom. The van der Waals surface area contributed by atoms with Crippen LogP contribution >= 0.6 is 0 Å². The Balaban J connectivity index is 1.69. The number of alkyl carbamates (subject to hydrolysis) is 1. The molecule has 2 aromatic rings. The second-order valence-corrected chi connectivity index (χ2v) is 9.18. The minimum absolute atomic E-state index is 0.129. The Morgan fingerprint density at radius 3 is 2.25 bits per heavy atom. The van der Waals surface area contributed by atoms with Gasteiger partial charge in [-0.3, -0.25) is 0 Å². The van der Waals surface area contributed by atoms with Gasteiger partial charge in [0.25, 0.3) is 0 Å². The topological polar surface area (TPSA) is 95.1 Å². The van der Waals surface area contributed by atoms with E-state index in [1.165, 1.54) is 0 Å². The molecule has 1 fully saturated rings. The highest BCUT2D eigenvalue weighted by Gasteiger charge is 2.37. The van der Waals surface area contributed by atoms with Crippen LogP contribution in [-0.2, 0) is 20.8 Å². The van der Waals surface area contributed by atoms with E-state index in [1.54, 1.807) is 20.8 Å². The summed E-state index contributed by atoms with van der Waals surface area (Å²) in [4.78, 5) is 25.2. The van der Waals surface area contributed by atoms with Crippen molar-refractivity contribution >= 4 is 12.2 Å². The second-order valence-electron chi connectivity index (χ2n) is 9.18. The van der Waals surface area contributed by atoms with Gasteiger partial charge < -0.3 is 29.6 Å². The Bertz CT molecular complexity index is 1130. The molecular weight excluding hydrogens is 460 g/mol.